The Hall–Kier alpha value is -4.70. The first kappa shape index (κ1) is 35.2. The SMILES string of the molecule is CCOc1ccc(S(=O)(=O)N(CC(=O)N(Cc2ccc(C)cc2)[C@@H](Cc2ccccc2)C(=O)NCC(C)C)c2ccc(F)cc2)cc1. The molecule has 2 amide bonds. The number of hydrogen-bond donors (Lipinski definition) is 1. The number of nitrogens with one attached hydrogen (secondary N) is 1. The summed E-state index contributed by atoms with van der Waals surface area (Å²) in [6, 6.07) is 26.8. The van der Waals surface area contributed by atoms with E-state index in [1.54, 1.807) is 12.1 Å². The molecule has 248 valence electrons. The second-order valence-corrected chi connectivity index (χ2v) is 13.6. The van der Waals surface area contributed by atoms with Gasteiger partial charge in [-0.1, -0.05) is 74.0 Å². The molecule has 1 N–H and O–H groups in total. The summed E-state index contributed by atoms with van der Waals surface area (Å²) >= 11 is 0. The van der Waals surface area contributed by atoms with Crippen LogP contribution < -0.4 is 14.4 Å². The fraction of sp³-hybridized carbons (Fsp3) is 0.297. The molecule has 0 aliphatic heterocycles. The Morgan fingerprint density at radius 3 is 2.09 bits per heavy atom. The Morgan fingerprint density at radius 2 is 1.49 bits per heavy atom. The summed E-state index contributed by atoms with van der Waals surface area (Å²) in [7, 11) is -4.32. The molecule has 0 unspecified atom stereocenters. The highest BCUT2D eigenvalue weighted by atomic mass is 32.2. The highest BCUT2D eigenvalue weighted by Gasteiger charge is 2.34. The standard InChI is InChI=1S/C37H42FN3O5S/c1-5-46-33-19-21-34(22-20-33)47(44,45)41(32-17-15-31(38)16-18-32)26-36(42)40(25-30-13-11-28(4)12-14-30)35(37(43)39-24-27(2)3)23-29-9-7-6-8-10-29/h6-22,27,35H,5,23-26H2,1-4H3,(H,39,43)/t35-/m0/s1. The van der Waals surface area contributed by atoms with Gasteiger partial charge in [0.2, 0.25) is 11.8 Å². The Kier molecular flexibility index (Phi) is 12.1. The number of carbonyl (C=O) groups excluding carboxylic acids is 2. The first-order valence-corrected chi connectivity index (χ1v) is 17.1. The van der Waals surface area contributed by atoms with E-state index in [0.717, 1.165) is 33.1 Å². The molecule has 10 heteroatoms. The maximum Gasteiger partial charge on any atom is 0.264 e. The lowest BCUT2D eigenvalue weighted by molar-refractivity contribution is -0.140. The lowest BCUT2D eigenvalue weighted by Gasteiger charge is -2.34. The number of sulfonamides is 1. The molecule has 1 atom stereocenters. The van der Waals surface area contributed by atoms with Gasteiger partial charge in [0.1, 0.15) is 24.2 Å². The van der Waals surface area contributed by atoms with Gasteiger partial charge in [-0.25, -0.2) is 12.8 Å². The van der Waals surface area contributed by atoms with Gasteiger partial charge >= 0.3 is 0 Å². The maximum atomic E-state index is 14.5. The number of rotatable bonds is 15. The van der Waals surface area contributed by atoms with Crippen molar-refractivity contribution in [3.63, 3.8) is 0 Å². The average Bonchev–Trinajstić information content (AvgIpc) is 3.06. The topological polar surface area (TPSA) is 96.0 Å². The molecule has 0 spiro atoms. The van der Waals surface area contributed by atoms with Gasteiger partial charge in [0.25, 0.3) is 10.0 Å². The van der Waals surface area contributed by atoms with Crippen molar-refractivity contribution in [3.8, 4) is 5.75 Å². The highest BCUT2D eigenvalue weighted by Crippen LogP contribution is 2.27. The van der Waals surface area contributed by atoms with E-state index >= 15 is 0 Å². The van der Waals surface area contributed by atoms with Crippen LogP contribution in [0.3, 0.4) is 0 Å². The van der Waals surface area contributed by atoms with Gasteiger partial charge < -0.3 is 15.0 Å². The third kappa shape index (κ3) is 9.65. The fourth-order valence-electron chi connectivity index (χ4n) is 5.00. The van der Waals surface area contributed by atoms with Crippen LogP contribution in [0.1, 0.15) is 37.5 Å². The molecule has 8 nitrogen and oxygen atoms in total. The number of ether oxygens (including phenoxy) is 1. The Balaban J connectivity index is 1.78. The predicted molar refractivity (Wildman–Crippen MR) is 182 cm³/mol. The first-order valence-electron chi connectivity index (χ1n) is 15.7. The van der Waals surface area contributed by atoms with Crippen LogP contribution in [-0.2, 0) is 32.6 Å². The molecular formula is C37H42FN3O5S. The minimum absolute atomic E-state index is 0.0616. The summed E-state index contributed by atoms with van der Waals surface area (Å²) in [6.07, 6.45) is 0.213. The minimum Gasteiger partial charge on any atom is -0.494 e. The van der Waals surface area contributed by atoms with Crippen LogP contribution in [0.15, 0.2) is 108 Å². The summed E-state index contributed by atoms with van der Waals surface area (Å²) in [5.41, 5.74) is 2.76. The number of nitrogens with zero attached hydrogens (tertiary/aromatic N) is 2. The lowest BCUT2D eigenvalue weighted by atomic mass is 10.0. The Morgan fingerprint density at radius 1 is 0.851 bits per heavy atom. The van der Waals surface area contributed by atoms with Crippen molar-refractivity contribution in [3.05, 3.63) is 126 Å². The largest absolute Gasteiger partial charge is 0.494 e. The van der Waals surface area contributed by atoms with Crippen LogP contribution in [0.4, 0.5) is 10.1 Å². The van der Waals surface area contributed by atoms with Crippen LogP contribution in [0.5, 0.6) is 5.75 Å². The van der Waals surface area contributed by atoms with Gasteiger partial charge in [0.05, 0.1) is 17.2 Å². The summed E-state index contributed by atoms with van der Waals surface area (Å²) < 4.78 is 48.7. The molecule has 0 aromatic heterocycles. The quantitative estimate of drug-likeness (QED) is 0.166. The van der Waals surface area contributed by atoms with Crippen molar-refractivity contribution < 1.29 is 27.1 Å². The Bertz CT molecular complexity index is 1710. The van der Waals surface area contributed by atoms with Crippen LogP contribution in [0, 0.1) is 18.7 Å². The van der Waals surface area contributed by atoms with Crippen LogP contribution in [0.2, 0.25) is 0 Å². The van der Waals surface area contributed by atoms with Crippen molar-refractivity contribution in [1.29, 1.82) is 0 Å². The van der Waals surface area contributed by atoms with E-state index < -0.39 is 34.3 Å². The van der Waals surface area contributed by atoms with Crippen molar-refractivity contribution in [2.75, 3.05) is 24.0 Å². The van der Waals surface area contributed by atoms with E-state index in [4.69, 9.17) is 4.74 Å². The van der Waals surface area contributed by atoms with Crippen molar-refractivity contribution in [1.82, 2.24) is 10.2 Å². The van der Waals surface area contributed by atoms with Gasteiger partial charge in [-0.2, -0.15) is 0 Å². The summed E-state index contributed by atoms with van der Waals surface area (Å²) in [5, 5.41) is 2.98. The molecule has 0 radical (unpaired) electrons. The summed E-state index contributed by atoms with van der Waals surface area (Å²) in [4.78, 5) is 29.7. The predicted octanol–water partition coefficient (Wildman–Crippen LogP) is 6.14. The third-order valence-electron chi connectivity index (χ3n) is 7.55. The third-order valence-corrected chi connectivity index (χ3v) is 9.33. The molecule has 0 saturated carbocycles. The van der Waals surface area contributed by atoms with E-state index in [0.29, 0.717) is 18.9 Å². The van der Waals surface area contributed by atoms with E-state index in [-0.39, 0.29) is 35.4 Å². The number of hydrogen-bond acceptors (Lipinski definition) is 5. The zero-order valence-corrected chi connectivity index (χ0v) is 28.0. The van der Waals surface area contributed by atoms with Crippen molar-refractivity contribution in [2.45, 2.75) is 51.6 Å². The average molecular weight is 660 g/mol. The van der Waals surface area contributed by atoms with Crippen molar-refractivity contribution >= 4 is 27.5 Å². The smallest absolute Gasteiger partial charge is 0.264 e. The summed E-state index contributed by atoms with van der Waals surface area (Å²) in [6.45, 7) is 7.99. The van der Waals surface area contributed by atoms with E-state index in [2.05, 4.69) is 5.32 Å². The second kappa shape index (κ2) is 16.2. The Labute approximate surface area is 277 Å². The van der Waals surface area contributed by atoms with E-state index in [1.807, 2.05) is 82.3 Å². The molecule has 4 aromatic rings. The van der Waals surface area contributed by atoms with Gasteiger partial charge in [-0.05, 0) is 79.4 Å². The molecule has 4 aromatic carbocycles. The number of anilines is 1. The number of halogens is 1. The zero-order chi connectivity index (χ0) is 34.0. The lowest BCUT2D eigenvalue weighted by Crippen LogP contribution is -2.53. The number of benzene rings is 4. The van der Waals surface area contributed by atoms with Crippen LogP contribution in [0.25, 0.3) is 0 Å². The first-order chi connectivity index (χ1) is 22.5. The molecule has 0 aliphatic carbocycles. The molecule has 0 heterocycles. The van der Waals surface area contributed by atoms with E-state index in [9.17, 15) is 22.4 Å². The van der Waals surface area contributed by atoms with E-state index in [1.165, 1.54) is 29.2 Å². The number of carbonyl (C=O) groups is 2. The second-order valence-electron chi connectivity index (χ2n) is 11.7. The minimum atomic E-state index is -4.32. The summed E-state index contributed by atoms with van der Waals surface area (Å²) in [5.74, 6) is -0.818. The zero-order valence-electron chi connectivity index (χ0n) is 27.2. The highest BCUT2D eigenvalue weighted by molar-refractivity contribution is 7.92. The molecule has 47 heavy (non-hydrogen) atoms. The molecule has 0 saturated heterocycles. The molecule has 0 aliphatic rings. The van der Waals surface area contributed by atoms with Crippen LogP contribution >= 0.6 is 0 Å². The van der Waals surface area contributed by atoms with Gasteiger partial charge in [0.15, 0.2) is 0 Å². The van der Waals surface area contributed by atoms with Crippen molar-refractivity contribution in [2.24, 2.45) is 5.92 Å². The number of amides is 2. The monoisotopic (exact) mass is 659 g/mol. The normalized spacial score (nSPS) is 12.0. The molecular weight excluding hydrogens is 617 g/mol. The van der Waals surface area contributed by atoms with Crippen LogP contribution in [-0.4, -0.2) is 50.9 Å². The molecule has 0 bridgehead atoms. The molecule has 4 rings (SSSR count). The fourth-order valence-corrected chi connectivity index (χ4v) is 6.42. The maximum absolute atomic E-state index is 14.5. The molecule has 0 fully saturated rings. The van der Waals surface area contributed by atoms with Gasteiger partial charge in [-0.15, -0.1) is 0 Å². The van der Waals surface area contributed by atoms with Gasteiger partial charge in [-0.3, -0.25) is 13.9 Å². The number of aryl methyl sites for hydroxylation is 1. The van der Waals surface area contributed by atoms with Gasteiger partial charge in [0, 0.05) is 19.5 Å².